The predicted molar refractivity (Wildman–Crippen MR) is 129 cm³/mol. The van der Waals surface area contributed by atoms with Crippen molar-refractivity contribution in [3.63, 3.8) is 0 Å². The largest absolute Gasteiger partial charge is 0.497 e. The molecule has 1 saturated heterocycles. The van der Waals surface area contributed by atoms with Crippen molar-refractivity contribution in [2.75, 3.05) is 13.7 Å². The lowest BCUT2D eigenvalue weighted by molar-refractivity contribution is -0.149. The highest BCUT2D eigenvalue weighted by Gasteiger charge is 2.56. The quantitative estimate of drug-likeness (QED) is 0.477. The Hall–Kier alpha value is -3.11. The Morgan fingerprint density at radius 1 is 1.03 bits per heavy atom. The van der Waals surface area contributed by atoms with Gasteiger partial charge in [-0.05, 0) is 54.7 Å². The van der Waals surface area contributed by atoms with Crippen LogP contribution in [0.15, 0.2) is 72.8 Å². The molecule has 4 heteroatoms. The minimum absolute atomic E-state index is 0.0532. The smallest absolute Gasteiger partial charge is 0.311 e. The molecule has 4 nitrogen and oxygen atoms in total. The third-order valence-corrected chi connectivity index (χ3v) is 7.24. The number of ether oxygens (including phenoxy) is 2. The van der Waals surface area contributed by atoms with Gasteiger partial charge in [-0.25, -0.2) is 0 Å². The highest BCUT2D eigenvalue weighted by molar-refractivity contribution is 5.76. The summed E-state index contributed by atoms with van der Waals surface area (Å²) in [4.78, 5) is 15.9. The van der Waals surface area contributed by atoms with Crippen molar-refractivity contribution >= 4 is 5.97 Å². The first kappa shape index (κ1) is 21.7. The van der Waals surface area contributed by atoms with Crippen LogP contribution < -0.4 is 4.74 Å². The van der Waals surface area contributed by atoms with Gasteiger partial charge in [0.05, 0.1) is 19.6 Å². The molecule has 2 aliphatic heterocycles. The maximum absolute atomic E-state index is 13.4. The van der Waals surface area contributed by atoms with Gasteiger partial charge >= 0.3 is 5.97 Å². The number of carbonyl (C=O) groups excluding carboxylic acids is 1. The summed E-state index contributed by atoms with van der Waals surface area (Å²) >= 11 is 0. The van der Waals surface area contributed by atoms with Gasteiger partial charge in [0.2, 0.25) is 0 Å². The van der Waals surface area contributed by atoms with E-state index >= 15 is 0 Å². The van der Waals surface area contributed by atoms with Gasteiger partial charge in [-0.1, -0.05) is 66.2 Å². The summed E-state index contributed by atoms with van der Waals surface area (Å²) in [7, 11) is 1.69. The van der Waals surface area contributed by atoms with Crippen LogP contribution in [0, 0.1) is 12.8 Å². The van der Waals surface area contributed by atoms with E-state index in [-0.39, 0.29) is 29.9 Å². The minimum Gasteiger partial charge on any atom is -0.497 e. The van der Waals surface area contributed by atoms with E-state index < -0.39 is 0 Å². The second kappa shape index (κ2) is 9.03. The molecule has 170 valence electrons. The van der Waals surface area contributed by atoms with Crippen LogP contribution in [0.5, 0.6) is 5.75 Å². The Labute approximate surface area is 196 Å². The third-order valence-electron chi connectivity index (χ3n) is 7.24. The number of hydrogen-bond donors (Lipinski definition) is 0. The van der Waals surface area contributed by atoms with Crippen LogP contribution in [0.1, 0.15) is 46.7 Å². The zero-order valence-electron chi connectivity index (χ0n) is 19.5. The number of methoxy groups -OCH3 is 1. The molecule has 2 aliphatic rings. The van der Waals surface area contributed by atoms with Crippen molar-refractivity contribution in [3.8, 4) is 5.75 Å². The Balaban J connectivity index is 1.62. The van der Waals surface area contributed by atoms with Crippen LogP contribution >= 0.6 is 0 Å². The Bertz CT molecular complexity index is 1130. The first-order valence-corrected chi connectivity index (χ1v) is 11.8. The highest BCUT2D eigenvalue weighted by atomic mass is 16.5. The molecule has 4 unspecified atom stereocenters. The number of nitrogens with zero attached hydrogens (tertiary/aromatic N) is 1. The molecule has 0 saturated carbocycles. The molecule has 2 heterocycles. The number of carbonyl (C=O) groups is 1. The molecule has 0 N–H and O–H groups in total. The summed E-state index contributed by atoms with van der Waals surface area (Å²) in [6.45, 7) is 5.22. The molecular formula is C29H31NO3. The monoisotopic (exact) mass is 441 g/mol. The van der Waals surface area contributed by atoms with Gasteiger partial charge < -0.3 is 9.47 Å². The van der Waals surface area contributed by atoms with Crippen molar-refractivity contribution in [2.24, 2.45) is 5.92 Å². The molecule has 3 aromatic rings. The van der Waals surface area contributed by atoms with Crippen molar-refractivity contribution in [1.82, 2.24) is 4.90 Å². The molecule has 0 amide bonds. The van der Waals surface area contributed by atoms with Crippen molar-refractivity contribution in [2.45, 2.75) is 44.8 Å². The number of hydrogen-bond acceptors (Lipinski definition) is 4. The second-order valence-corrected chi connectivity index (χ2v) is 9.15. The van der Waals surface area contributed by atoms with Crippen LogP contribution in [0.2, 0.25) is 0 Å². The first-order valence-electron chi connectivity index (χ1n) is 11.8. The zero-order chi connectivity index (χ0) is 22.9. The molecular weight excluding hydrogens is 410 g/mol. The van der Waals surface area contributed by atoms with Gasteiger partial charge in [0.25, 0.3) is 0 Å². The van der Waals surface area contributed by atoms with Crippen LogP contribution in [0.4, 0.5) is 0 Å². The highest BCUT2D eigenvalue weighted by Crippen LogP contribution is 2.56. The fourth-order valence-electron chi connectivity index (χ4n) is 5.86. The second-order valence-electron chi connectivity index (χ2n) is 9.15. The van der Waals surface area contributed by atoms with Crippen LogP contribution in [0.3, 0.4) is 0 Å². The van der Waals surface area contributed by atoms with E-state index in [1.165, 1.54) is 27.8 Å². The van der Waals surface area contributed by atoms with Crippen molar-refractivity contribution in [3.05, 3.63) is 101 Å². The molecule has 5 rings (SSSR count). The van der Waals surface area contributed by atoms with Crippen molar-refractivity contribution < 1.29 is 14.3 Å². The molecule has 1 fully saturated rings. The molecule has 4 atom stereocenters. The van der Waals surface area contributed by atoms with E-state index in [1.807, 2.05) is 25.1 Å². The molecule has 0 spiro atoms. The lowest BCUT2D eigenvalue weighted by atomic mass is 9.81. The minimum atomic E-state index is -0.205. The van der Waals surface area contributed by atoms with Gasteiger partial charge in [0.1, 0.15) is 5.75 Å². The van der Waals surface area contributed by atoms with Gasteiger partial charge in [-0.3, -0.25) is 9.69 Å². The number of esters is 1. The zero-order valence-corrected chi connectivity index (χ0v) is 19.5. The number of rotatable bonds is 6. The lowest BCUT2D eigenvalue weighted by Crippen LogP contribution is -2.41. The van der Waals surface area contributed by atoms with Gasteiger partial charge in [0, 0.05) is 24.5 Å². The molecule has 33 heavy (non-hydrogen) atoms. The van der Waals surface area contributed by atoms with E-state index in [9.17, 15) is 4.79 Å². The fraction of sp³-hybridized carbons (Fsp3) is 0.345. The maximum atomic E-state index is 13.4. The lowest BCUT2D eigenvalue weighted by Gasteiger charge is -2.38. The standard InChI is InChI=1S/C29H31NO3/c1-4-33-29(31)27-25-17-22-16-19(2)10-15-24(22)28(26(27)21-8-6-5-7-9-21)30(25)18-20-11-13-23(32-3)14-12-20/h5-16,25-28H,4,17-18H2,1-3H3. The predicted octanol–water partition coefficient (Wildman–Crippen LogP) is 5.45. The molecule has 0 aromatic heterocycles. The number of aryl methyl sites for hydroxylation is 1. The third kappa shape index (κ3) is 3.93. The molecule has 0 radical (unpaired) electrons. The van der Waals surface area contributed by atoms with Crippen LogP contribution in [-0.4, -0.2) is 30.6 Å². The van der Waals surface area contributed by atoms with E-state index in [4.69, 9.17) is 9.47 Å². The number of fused-ring (bicyclic) bond motifs is 4. The first-order chi connectivity index (χ1) is 16.1. The summed E-state index contributed by atoms with van der Waals surface area (Å²) in [5.41, 5.74) is 6.39. The number of benzene rings is 3. The summed E-state index contributed by atoms with van der Waals surface area (Å²) in [6.07, 6.45) is 0.858. The normalized spacial score (nSPS) is 23.7. The Morgan fingerprint density at radius 3 is 2.48 bits per heavy atom. The topological polar surface area (TPSA) is 38.8 Å². The summed E-state index contributed by atoms with van der Waals surface area (Å²) in [5.74, 6) is 0.622. The summed E-state index contributed by atoms with van der Waals surface area (Å²) in [5, 5.41) is 0. The van der Waals surface area contributed by atoms with Gasteiger partial charge in [-0.15, -0.1) is 0 Å². The van der Waals surface area contributed by atoms with Gasteiger partial charge in [-0.2, -0.15) is 0 Å². The maximum Gasteiger partial charge on any atom is 0.311 e. The van der Waals surface area contributed by atoms with E-state index in [1.54, 1.807) is 7.11 Å². The average Bonchev–Trinajstić information content (AvgIpc) is 3.05. The van der Waals surface area contributed by atoms with E-state index in [2.05, 4.69) is 66.4 Å². The summed E-state index contributed by atoms with van der Waals surface area (Å²) in [6, 6.07) is 25.8. The molecule has 2 bridgehead atoms. The van der Waals surface area contributed by atoms with Crippen LogP contribution in [-0.2, 0) is 22.5 Å². The van der Waals surface area contributed by atoms with E-state index in [0.29, 0.717) is 6.61 Å². The molecule has 3 aromatic carbocycles. The van der Waals surface area contributed by atoms with Crippen molar-refractivity contribution in [1.29, 1.82) is 0 Å². The molecule has 0 aliphatic carbocycles. The van der Waals surface area contributed by atoms with Crippen LogP contribution in [0.25, 0.3) is 0 Å². The average molecular weight is 442 g/mol. The Kier molecular flexibility index (Phi) is 5.94. The Morgan fingerprint density at radius 2 is 1.79 bits per heavy atom. The SMILES string of the molecule is CCOC(=O)C1C(c2ccccc2)C2c3ccc(C)cc3CC1N2Cc1ccc(OC)cc1. The van der Waals surface area contributed by atoms with E-state index in [0.717, 1.165) is 18.7 Å². The summed E-state index contributed by atoms with van der Waals surface area (Å²) < 4.78 is 11.0. The fourth-order valence-corrected chi connectivity index (χ4v) is 5.86. The van der Waals surface area contributed by atoms with Gasteiger partial charge in [0.15, 0.2) is 0 Å².